The van der Waals surface area contributed by atoms with Crippen LogP contribution in [0.2, 0.25) is 10.0 Å². The monoisotopic (exact) mass is 404 g/mol. The fourth-order valence-corrected chi connectivity index (χ4v) is 4.38. The molecule has 142 valence electrons. The molecule has 2 aromatic rings. The zero-order valence-corrected chi connectivity index (χ0v) is 16.5. The van der Waals surface area contributed by atoms with Crippen LogP contribution >= 0.6 is 23.2 Å². The van der Waals surface area contributed by atoms with Crippen molar-refractivity contribution in [3.8, 4) is 5.75 Å². The maximum Gasteiger partial charge on any atom is 0.260 e. The summed E-state index contributed by atoms with van der Waals surface area (Å²) in [5, 5.41) is 0.964. The summed E-state index contributed by atoms with van der Waals surface area (Å²) in [4.78, 5) is 16.9. The summed E-state index contributed by atoms with van der Waals surface area (Å²) in [7, 11) is 0. The molecule has 0 bridgehead atoms. The van der Waals surface area contributed by atoms with Gasteiger partial charge in [0, 0.05) is 37.2 Å². The van der Waals surface area contributed by atoms with Crippen LogP contribution in [0.1, 0.15) is 17.5 Å². The van der Waals surface area contributed by atoms with Gasteiger partial charge in [0.25, 0.3) is 5.91 Å². The molecule has 0 spiro atoms. The van der Waals surface area contributed by atoms with E-state index in [-0.39, 0.29) is 12.5 Å². The predicted octanol–water partition coefficient (Wildman–Crippen LogP) is 4.03. The lowest BCUT2D eigenvalue weighted by atomic mass is 9.98. The Kier molecular flexibility index (Phi) is 5.58. The van der Waals surface area contributed by atoms with Gasteiger partial charge in [0.1, 0.15) is 5.75 Å². The van der Waals surface area contributed by atoms with Crippen LogP contribution in [-0.2, 0) is 17.8 Å². The number of fused-ring (bicyclic) bond motifs is 1. The molecule has 1 atom stereocenters. The number of nitrogens with zero attached hydrogens (tertiary/aromatic N) is 2. The molecule has 0 aromatic heterocycles. The van der Waals surface area contributed by atoms with E-state index in [9.17, 15) is 4.79 Å². The topological polar surface area (TPSA) is 32.8 Å². The van der Waals surface area contributed by atoms with E-state index in [0.29, 0.717) is 21.8 Å². The normalized spacial score (nSPS) is 19.8. The number of benzene rings is 2. The summed E-state index contributed by atoms with van der Waals surface area (Å²) < 4.78 is 5.60. The standard InChI is InChI=1S/C21H22Cl2N2O2/c22-17-5-6-20(19(23)11-17)27-14-21(26)25-10-8-18(13-25)24-9-7-15-3-1-2-4-16(15)12-24/h1-6,11,18H,7-10,12-14H2. The van der Waals surface area contributed by atoms with Gasteiger partial charge in [-0.2, -0.15) is 0 Å². The Morgan fingerprint density at radius 2 is 1.93 bits per heavy atom. The van der Waals surface area contributed by atoms with Gasteiger partial charge >= 0.3 is 0 Å². The summed E-state index contributed by atoms with van der Waals surface area (Å²) in [5.41, 5.74) is 2.86. The van der Waals surface area contributed by atoms with E-state index >= 15 is 0 Å². The van der Waals surface area contributed by atoms with Crippen molar-refractivity contribution in [3.05, 3.63) is 63.6 Å². The van der Waals surface area contributed by atoms with E-state index < -0.39 is 0 Å². The fraction of sp³-hybridized carbons (Fsp3) is 0.381. The minimum absolute atomic E-state index is 0.000858. The van der Waals surface area contributed by atoms with E-state index in [2.05, 4.69) is 29.2 Å². The van der Waals surface area contributed by atoms with Crippen LogP contribution in [0.4, 0.5) is 0 Å². The SMILES string of the molecule is O=C(COc1ccc(Cl)cc1Cl)N1CCC(N2CCc3ccccc3C2)C1. The van der Waals surface area contributed by atoms with Gasteiger partial charge in [-0.15, -0.1) is 0 Å². The van der Waals surface area contributed by atoms with Gasteiger partial charge in [-0.3, -0.25) is 9.69 Å². The first kappa shape index (κ1) is 18.6. The summed E-state index contributed by atoms with van der Waals surface area (Å²) in [6.45, 7) is 3.56. The molecule has 1 saturated heterocycles. The minimum atomic E-state index is -0.00307. The van der Waals surface area contributed by atoms with Gasteiger partial charge in [-0.1, -0.05) is 47.5 Å². The predicted molar refractivity (Wildman–Crippen MR) is 107 cm³/mol. The molecule has 2 aromatic carbocycles. The van der Waals surface area contributed by atoms with Crippen molar-refractivity contribution in [3.63, 3.8) is 0 Å². The molecule has 2 aliphatic rings. The first-order valence-corrected chi connectivity index (χ1v) is 10.0. The van der Waals surface area contributed by atoms with Crippen molar-refractivity contribution in [2.24, 2.45) is 0 Å². The smallest absolute Gasteiger partial charge is 0.260 e. The molecular formula is C21H22Cl2N2O2. The van der Waals surface area contributed by atoms with Gasteiger partial charge in [0.15, 0.2) is 6.61 Å². The first-order chi connectivity index (χ1) is 13.1. The number of halogens is 2. The maximum absolute atomic E-state index is 12.5. The van der Waals surface area contributed by atoms with Crippen LogP contribution < -0.4 is 4.74 Å². The molecule has 6 heteroatoms. The maximum atomic E-state index is 12.5. The lowest BCUT2D eigenvalue weighted by Crippen LogP contribution is -2.42. The molecule has 0 aliphatic carbocycles. The van der Waals surface area contributed by atoms with Crippen LogP contribution in [-0.4, -0.2) is 48.0 Å². The van der Waals surface area contributed by atoms with Crippen molar-refractivity contribution in [1.29, 1.82) is 0 Å². The molecule has 0 N–H and O–H groups in total. The van der Waals surface area contributed by atoms with Crippen LogP contribution in [0.25, 0.3) is 0 Å². The number of hydrogen-bond donors (Lipinski definition) is 0. The quantitative estimate of drug-likeness (QED) is 0.770. The molecule has 2 heterocycles. The number of hydrogen-bond acceptors (Lipinski definition) is 3. The van der Waals surface area contributed by atoms with E-state index in [1.807, 2.05) is 4.90 Å². The fourth-order valence-electron chi connectivity index (χ4n) is 3.92. The number of amides is 1. The molecule has 1 amide bonds. The summed E-state index contributed by atoms with van der Waals surface area (Å²) in [6, 6.07) is 14.1. The minimum Gasteiger partial charge on any atom is -0.482 e. The van der Waals surface area contributed by atoms with Crippen LogP contribution in [0.3, 0.4) is 0 Å². The summed E-state index contributed by atoms with van der Waals surface area (Å²) in [6.07, 6.45) is 2.09. The van der Waals surface area contributed by atoms with Gasteiger partial charge < -0.3 is 9.64 Å². The molecule has 1 fully saturated rings. The van der Waals surface area contributed by atoms with E-state index in [0.717, 1.165) is 39.0 Å². The highest BCUT2D eigenvalue weighted by Gasteiger charge is 2.32. The Morgan fingerprint density at radius 1 is 1.11 bits per heavy atom. The van der Waals surface area contributed by atoms with Crippen LogP contribution in [0.5, 0.6) is 5.75 Å². The van der Waals surface area contributed by atoms with Crippen molar-refractivity contribution in [2.75, 3.05) is 26.2 Å². The summed E-state index contributed by atoms with van der Waals surface area (Å²) >= 11 is 12.0. The number of likely N-dealkylation sites (tertiary alicyclic amines) is 1. The zero-order chi connectivity index (χ0) is 18.8. The molecule has 0 saturated carbocycles. The zero-order valence-electron chi connectivity index (χ0n) is 15.0. The first-order valence-electron chi connectivity index (χ1n) is 9.26. The van der Waals surface area contributed by atoms with Gasteiger partial charge in [0.05, 0.1) is 5.02 Å². The van der Waals surface area contributed by atoms with Crippen LogP contribution in [0.15, 0.2) is 42.5 Å². The second-order valence-corrected chi connectivity index (χ2v) is 7.98. The average Bonchev–Trinajstić information content (AvgIpc) is 3.17. The Labute approximate surface area is 169 Å². The van der Waals surface area contributed by atoms with Gasteiger partial charge in [-0.25, -0.2) is 0 Å². The Balaban J connectivity index is 1.31. The molecule has 2 aliphatic heterocycles. The van der Waals surface area contributed by atoms with Crippen molar-refractivity contribution in [2.45, 2.75) is 25.4 Å². The number of carbonyl (C=O) groups excluding carboxylic acids is 1. The highest BCUT2D eigenvalue weighted by molar-refractivity contribution is 6.35. The Morgan fingerprint density at radius 3 is 2.74 bits per heavy atom. The molecule has 4 nitrogen and oxygen atoms in total. The lowest BCUT2D eigenvalue weighted by molar-refractivity contribution is -0.132. The molecule has 1 unspecified atom stereocenters. The van der Waals surface area contributed by atoms with Crippen LogP contribution in [0, 0.1) is 0 Å². The van der Waals surface area contributed by atoms with Crippen molar-refractivity contribution >= 4 is 29.1 Å². The second kappa shape index (κ2) is 8.09. The number of rotatable bonds is 4. The van der Waals surface area contributed by atoms with Crippen molar-refractivity contribution in [1.82, 2.24) is 9.80 Å². The second-order valence-electron chi connectivity index (χ2n) is 7.13. The number of carbonyl (C=O) groups is 1. The van der Waals surface area contributed by atoms with E-state index in [1.54, 1.807) is 18.2 Å². The average molecular weight is 405 g/mol. The Hall–Kier alpha value is -1.75. The number of ether oxygens (including phenoxy) is 1. The third-order valence-electron chi connectivity index (χ3n) is 5.44. The molecular weight excluding hydrogens is 383 g/mol. The molecule has 4 rings (SSSR count). The third kappa shape index (κ3) is 4.23. The Bertz CT molecular complexity index is 843. The van der Waals surface area contributed by atoms with E-state index in [4.69, 9.17) is 27.9 Å². The van der Waals surface area contributed by atoms with Crippen molar-refractivity contribution < 1.29 is 9.53 Å². The highest BCUT2D eigenvalue weighted by Crippen LogP contribution is 2.28. The highest BCUT2D eigenvalue weighted by atomic mass is 35.5. The largest absolute Gasteiger partial charge is 0.482 e. The van der Waals surface area contributed by atoms with Gasteiger partial charge in [-0.05, 0) is 42.2 Å². The molecule has 27 heavy (non-hydrogen) atoms. The van der Waals surface area contributed by atoms with E-state index in [1.165, 1.54) is 11.1 Å². The third-order valence-corrected chi connectivity index (χ3v) is 5.97. The lowest BCUT2D eigenvalue weighted by Gasteiger charge is -2.33. The summed E-state index contributed by atoms with van der Waals surface area (Å²) in [5.74, 6) is 0.485. The van der Waals surface area contributed by atoms with Gasteiger partial charge in [0.2, 0.25) is 0 Å². The molecule has 0 radical (unpaired) electrons.